The molecule has 6 rings (SSSR count). The fourth-order valence-corrected chi connectivity index (χ4v) is 6.55. The van der Waals surface area contributed by atoms with E-state index < -0.39 is 17.4 Å². The van der Waals surface area contributed by atoms with Crippen LogP contribution in [-0.4, -0.2) is 66.6 Å². The smallest absolute Gasteiger partial charge is 0.349 e. The average Bonchev–Trinajstić information content (AvgIpc) is 3.52. The molecule has 0 unspecified atom stereocenters. The van der Waals surface area contributed by atoms with Crippen molar-refractivity contribution in [2.24, 2.45) is 18.9 Å². The van der Waals surface area contributed by atoms with E-state index in [1.54, 1.807) is 31.4 Å². The summed E-state index contributed by atoms with van der Waals surface area (Å²) in [6.07, 6.45) is 4.36. The molecule has 0 N–H and O–H groups in total. The van der Waals surface area contributed by atoms with Crippen LogP contribution in [0.1, 0.15) is 60.5 Å². The minimum atomic E-state index is -4.65. The Morgan fingerprint density at radius 2 is 1.84 bits per heavy atom. The van der Waals surface area contributed by atoms with Crippen LogP contribution in [0.4, 0.5) is 13.2 Å². The van der Waals surface area contributed by atoms with E-state index in [1.165, 1.54) is 17.0 Å². The number of rotatable bonds is 7. The Hall–Kier alpha value is -3.93. The van der Waals surface area contributed by atoms with Gasteiger partial charge in [0.25, 0.3) is 0 Å². The monoisotopic (exact) mass is 595 g/mol. The lowest BCUT2D eigenvalue weighted by Crippen LogP contribution is -2.39. The van der Waals surface area contributed by atoms with Gasteiger partial charge in [-0.3, -0.25) is 18.7 Å². The van der Waals surface area contributed by atoms with E-state index in [9.17, 15) is 22.8 Å². The summed E-state index contributed by atoms with van der Waals surface area (Å²) in [4.78, 5) is 29.6. The Morgan fingerprint density at radius 1 is 1.09 bits per heavy atom. The van der Waals surface area contributed by atoms with Gasteiger partial charge in [0, 0.05) is 51.9 Å². The third-order valence-electron chi connectivity index (χ3n) is 9.07. The fraction of sp³-hybridized carbons (Fsp3) is 0.484. The van der Waals surface area contributed by atoms with Crippen molar-refractivity contribution in [1.82, 2.24) is 33.5 Å². The number of piperidine rings is 1. The molecule has 1 atom stereocenters. The van der Waals surface area contributed by atoms with Gasteiger partial charge in [0.05, 0.1) is 16.8 Å². The summed E-state index contributed by atoms with van der Waals surface area (Å²) in [6.45, 7) is 1.45. The number of aryl methyl sites for hydroxylation is 1. The predicted molar refractivity (Wildman–Crippen MR) is 155 cm³/mol. The number of halogens is 3. The third-order valence-corrected chi connectivity index (χ3v) is 9.07. The van der Waals surface area contributed by atoms with Crippen LogP contribution in [0.15, 0.2) is 53.8 Å². The largest absolute Gasteiger partial charge is 0.418 e. The summed E-state index contributed by atoms with van der Waals surface area (Å²) in [6, 6.07) is 8.59. The van der Waals surface area contributed by atoms with E-state index in [4.69, 9.17) is 0 Å². The Morgan fingerprint density at radius 3 is 2.44 bits per heavy atom. The van der Waals surface area contributed by atoms with Crippen molar-refractivity contribution in [2.45, 2.75) is 50.7 Å². The first-order valence-corrected chi connectivity index (χ1v) is 14.7. The first kappa shape index (κ1) is 29.2. The normalized spacial score (nSPS) is 17.7. The second-order valence-corrected chi connectivity index (χ2v) is 12.1. The van der Waals surface area contributed by atoms with Crippen molar-refractivity contribution >= 4 is 11.4 Å². The van der Waals surface area contributed by atoms with Crippen molar-refractivity contribution < 1.29 is 18.0 Å². The molecular formula is C31H36F3N7O2. The van der Waals surface area contributed by atoms with Crippen LogP contribution in [0.5, 0.6) is 0 Å². The quantitative estimate of drug-likeness (QED) is 0.315. The molecule has 228 valence electrons. The number of aromatic nitrogens is 5. The van der Waals surface area contributed by atoms with E-state index in [1.807, 2.05) is 34.7 Å². The Kier molecular flexibility index (Phi) is 7.66. The summed E-state index contributed by atoms with van der Waals surface area (Å²) >= 11 is 0. The van der Waals surface area contributed by atoms with Crippen LogP contribution in [0.3, 0.4) is 0 Å². The van der Waals surface area contributed by atoms with Crippen LogP contribution in [0, 0.1) is 11.8 Å². The van der Waals surface area contributed by atoms with Gasteiger partial charge in [-0.25, -0.2) is 4.79 Å². The lowest BCUT2D eigenvalue weighted by Gasteiger charge is -2.33. The van der Waals surface area contributed by atoms with Gasteiger partial charge in [0.15, 0.2) is 0 Å². The van der Waals surface area contributed by atoms with Crippen LogP contribution < -0.4 is 5.69 Å². The maximum atomic E-state index is 14.3. The van der Waals surface area contributed by atoms with Gasteiger partial charge in [-0.1, -0.05) is 18.6 Å². The second kappa shape index (κ2) is 11.3. The number of fused-ring (bicyclic) bond motifs is 1. The molecule has 4 aromatic rings. The number of carbonyl (C=O) groups is 1. The molecule has 1 aliphatic heterocycles. The lowest BCUT2D eigenvalue weighted by atomic mass is 9.72. The SMILES string of the molecule is CN(C)C(=O)C1CCN(Cc2cc(C(F)(F)F)c3cn(-c4cccc([C@H](c5nncn5C)C5CCC5)c4)c(=O)n3c2)CC1. The van der Waals surface area contributed by atoms with E-state index in [0.29, 0.717) is 43.1 Å². The van der Waals surface area contributed by atoms with Crippen LogP contribution in [-0.2, 0) is 24.6 Å². The van der Waals surface area contributed by atoms with Gasteiger partial charge in [0.1, 0.15) is 12.2 Å². The number of alkyl halides is 3. The summed E-state index contributed by atoms with van der Waals surface area (Å²) in [7, 11) is 5.36. The second-order valence-electron chi connectivity index (χ2n) is 12.1. The third kappa shape index (κ3) is 5.60. The van der Waals surface area contributed by atoms with Gasteiger partial charge in [-0.2, -0.15) is 13.2 Å². The minimum Gasteiger partial charge on any atom is -0.349 e. The summed E-state index contributed by atoms with van der Waals surface area (Å²) < 4.78 is 47.3. The van der Waals surface area contributed by atoms with Crippen molar-refractivity contribution in [2.75, 3.05) is 27.2 Å². The van der Waals surface area contributed by atoms with Gasteiger partial charge in [0.2, 0.25) is 5.91 Å². The molecule has 2 fully saturated rings. The number of amides is 1. The molecule has 1 aromatic carbocycles. The first-order valence-electron chi connectivity index (χ1n) is 14.7. The highest BCUT2D eigenvalue weighted by Crippen LogP contribution is 2.43. The highest BCUT2D eigenvalue weighted by molar-refractivity contribution is 5.78. The number of hydrogen-bond acceptors (Lipinski definition) is 5. The Bertz CT molecular complexity index is 1690. The number of nitrogens with zero attached hydrogens (tertiary/aromatic N) is 7. The van der Waals surface area contributed by atoms with E-state index in [0.717, 1.165) is 41.1 Å². The van der Waals surface area contributed by atoms with E-state index >= 15 is 0 Å². The standard InChI is InChI=1S/C31H36F3N7O2/c1-37(2)29(42)22-10-12-39(13-11-22)16-20-14-25(31(32,33)34)26-18-40(30(43)41(26)17-20)24-9-5-8-23(15-24)27(21-6-4-7-21)28-36-35-19-38(28)3/h5,8-9,14-15,17-19,21-22,27H,4,6-7,10-13,16H2,1-3H3/t27-/m1/s1. The molecule has 1 amide bonds. The lowest BCUT2D eigenvalue weighted by molar-refractivity contribution is -0.137. The van der Waals surface area contributed by atoms with Crippen LogP contribution in [0.25, 0.3) is 11.2 Å². The molecular weight excluding hydrogens is 559 g/mol. The summed E-state index contributed by atoms with van der Waals surface area (Å²) in [5.74, 6) is 1.18. The topological polar surface area (TPSA) is 80.7 Å². The number of pyridine rings is 1. The van der Waals surface area contributed by atoms with Crippen molar-refractivity contribution in [1.29, 1.82) is 0 Å². The van der Waals surface area contributed by atoms with Crippen LogP contribution in [0.2, 0.25) is 0 Å². The van der Waals surface area contributed by atoms with Crippen LogP contribution >= 0.6 is 0 Å². The molecule has 0 bridgehead atoms. The number of carbonyl (C=O) groups excluding carboxylic acids is 1. The van der Waals surface area contributed by atoms with Crippen molar-refractivity contribution in [3.8, 4) is 5.69 Å². The molecule has 1 aliphatic carbocycles. The van der Waals surface area contributed by atoms with E-state index in [2.05, 4.69) is 10.2 Å². The molecule has 2 aliphatic rings. The molecule has 0 radical (unpaired) electrons. The van der Waals surface area contributed by atoms with E-state index in [-0.39, 0.29) is 29.8 Å². The predicted octanol–water partition coefficient (Wildman–Crippen LogP) is 4.47. The molecule has 1 saturated heterocycles. The highest BCUT2D eigenvalue weighted by atomic mass is 19.4. The van der Waals surface area contributed by atoms with Crippen molar-refractivity contribution in [3.63, 3.8) is 0 Å². The molecule has 3 aromatic heterocycles. The van der Waals surface area contributed by atoms with Gasteiger partial charge in [-0.15, -0.1) is 10.2 Å². The Balaban J connectivity index is 1.34. The van der Waals surface area contributed by atoms with Gasteiger partial charge >= 0.3 is 11.9 Å². The fourth-order valence-electron chi connectivity index (χ4n) is 6.55. The highest BCUT2D eigenvalue weighted by Gasteiger charge is 2.36. The molecule has 9 nitrogen and oxygen atoms in total. The van der Waals surface area contributed by atoms with Gasteiger partial charge in [-0.05, 0) is 74.0 Å². The van der Waals surface area contributed by atoms with Gasteiger partial charge < -0.3 is 9.47 Å². The first-order chi connectivity index (χ1) is 20.5. The maximum absolute atomic E-state index is 14.3. The zero-order valence-electron chi connectivity index (χ0n) is 24.6. The zero-order chi connectivity index (χ0) is 30.5. The molecule has 0 spiro atoms. The molecule has 1 saturated carbocycles. The minimum absolute atomic E-state index is 0.0246. The Labute approximate surface area is 247 Å². The molecule has 4 heterocycles. The number of hydrogen-bond donors (Lipinski definition) is 0. The summed E-state index contributed by atoms with van der Waals surface area (Å²) in [5, 5.41) is 8.42. The summed E-state index contributed by atoms with van der Waals surface area (Å²) in [5.41, 5.74) is 0.256. The number of imidazole rings is 1. The van der Waals surface area contributed by atoms with Crippen molar-refractivity contribution in [3.05, 3.63) is 82.1 Å². The average molecular weight is 596 g/mol. The number of likely N-dealkylation sites (tertiary alicyclic amines) is 1. The number of benzene rings is 1. The zero-order valence-corrected chi connectivity index (χ0v) is 24.6. The molecule has 43 heavy (non-hydrogen) atoms. The molecule has 12 heteroatoms. The maximum Gasteiger partial charge on any atom is 0.418 e.